The Kier molecular flexibility index (Phi) is 7.00. The standard InChI is InChI=1S/C19H20ClF4N7O4/c1-8(2)25-18(32)35-12-7-33-16(15(12)21)10-4-14(29-28-10)27-17-11-3-9(6-34-19(22,23)24)30-31(11)5-13(20)26-17/h3-5,8,12,15-16H,6-7H2,1-2H3,(H,25,32)(H2,26,27,28,29)/t12-,15+,16-/m0/s1. The Balaban J connectivity index is 1.46. The van der Waals surface area contributed by atoms with E-state index in [4.69, 9.17) is 21.1 Å². The van der Waals surface area contributed by atoms with Gasteiger partial charge >= 0.3 is 12.5 Å². The van der Waals surface area contributed by atoms with Crippen molar-refractivity contribution in [3.8, 4) is 0 Å². The topological polar surface area (TPSA) is 128 Å². The van der Waals surface area contributed by atoms with Crippen molar-refractivity contribution in [1.29, 1.82) is 0 Å². The number of nitrogens with one attached hydrogen (secondary N) is 3. The lowest BCUT2D eigenvalue weighted by Crippen LogP contribution is -2.36. The number of ether oxygens (including phenoxy) is 3. The minimum atomic E-state index is -4.81. The van der Waals surface area contributed by atoms with Gasteiger partial charge in [-0.3, -0.25) is 9.84 Å². The molecule has 1 aliphatic heterocycles. The fourth-order valence-electron chi connectivity index (χ4n) is 3.35. The zero-order valence-electron chi connectivity index (χ0n) is 18.3. The molecule has 4 heterocycles. The van der Waals surface area contributed by atoms with E-state index in [9.17, 15) is 22.4 Å². The summed E-state index contributed by atoms with van der Waals surface area (Å²) < 4.78 is 67.5. The van der Waals surface area contributed by atoms with E-state index in [2.05, 4.69) is 35.7 Å². The van der Waals surface area contributed by atoms with Gasteiger partial charge in [-0.2, -0.15) is 10.2 Å². The van der Waals surface area contributed by atoms with Crippen molar-refractivity contribution in [3.05, 3.63) is 34.9 Å². The van der Waals surface area contributed by atoms with Crippen LogP contribution in [0.5, 0.6) is 0 Å². The highest BCUT2D eigenvalue weighted by molar-refractivity contribution is 6.29. The first-order valence-corrected chi connectivity index (χ1v) is 10.7. The highest BCUT2D eigenvalue weighted by Gasteiger charge is 2.42. The Bertz CT molecular complexity index is 1200. The van der Waals surface area contributed by atoms with Crippen LogP contribution >= 0.6 is 11.6 Å². The maximum absolute atomic E-state index is 14.9. The van der Waals surface area contributed by atoms with Crippen LogP contribution < -0.4 is 10.6 Å². The number of rotatable bonds is 7. The Morgan fingerprint density at radius 2 is 2.17 bits per heavy atom. The molecule has 0 unspecified atom stereocenters. The van der Waals surface area contributed by atoms with Gasteiger partial charge in [-0.15, -0.1) is 13.2 Å². The highest BCUT2D eigenvalue weighted by atomic mass is 35.5. The van der Waals surface area contributed by atoms with Crippen molar-refractivity contribution in [2.24, 2.45) is 0 Å². The molecule has 190 valence electrons. The predicted molar refractivity (Wildman–Crippen MR) is 113 cm³/mol. The largest absolute Gasteiger partial charge is 0.522 e. The summed E-state index contributed by atoms with van der Waals surface area (Å²) >= 11 is 6.00. The normalized spacial score (nSPS) is 20.5. The van der Waals surface area contributed by atoms with E-state index in [0.717, 1.165) is 0 Å². The number of carbonyl (C=O) groups excluding carboxylic acids is 1. The van der Waals surface area contributed by atoms with Crippen LogP contribution in [0.4, 0.5) is 34.0 Å². The summed E-state index contributed by atoms with van der Waals surface area (Å²) in [5.74, 6) is 0.334. The molecule has 0 aliphatic carbocycles. The average Bonchev–Trinajstić information content (AvgIpc) is 3.45. The van der Waals surface area contributed by atoms with Gasteiger partial charge in [-0.1, -0.05) is 11.6 Å². The number of fused-ring (bicyclic) bond motifs is 1. The molecule has 11 nitrogen and oxygen atoms in total. The molecule has 1 amide bonds. The molecule has 4 rings (SSSR count). The van der Waals surface area contributed by atoms with E-state index in [1.807, 2.05) is 0 Å². The summed E-state index contributed by atoms with van der Waals surface area (Å²) in [6, 6.07) is 2.62. The lowest BCUT2D eigenvalue weighted by molar-refractivity contribution is -0.330. The minimum absolute atomic E-state index is 0.00441. The molecule has 3 aromatic heterocycles. The monoisotopic (exact) mass is 521 g/mol. The first-order chi connectivity index (χ1) is 16.5. The first-order valence-electron chi connectivity index (χ1n) is 10.3. The van der Waals surface area contributed by atoms with Gasteiger partial charge in [0, 0.05) is 12.1 Å². The zero-order valence-corrected chi connectivity index (χ0v) is 19.0. The lowest BCUT2D eigenvalue weighted by atomic mass is 10.1. The van der Waals surface area contributed by atoms with E-state index < -0.39 is 37.4 Å². The van der Waals surface area contributed by atoms with Crippen LogP contribution in [0.3, 0.4) is 0 Å². The SMILES string of the molecule is CC(C)NC(=O)O[C@H]1CO[C@@H](c2cc(Nc3nc(Cl)cn4nc(COC(F)(F)F)cc34)n[nH]2)[C@@H]1F. The highest BCUT2D eigenvalue weighted by Crippen LogP contribution is 2.34. The summed E-state index contributed by atoms with van der Waals surface area (Å²) in [5, 5.41) is 16.1. The molecule has 1 aliphatic rings. The number of carbonyl (C=O) groups is 1. The third-order valence-corrected chi connectivity index (χ3v) is 4.94. The van der Waals surface area contributed by atoms with Gasteiger partial charge < -0.3 is 20.1 Å². The Morgan fingerprint density at radius 3 is 2.89 bits per heavy atom. The second-order valence-electron chi connectivity index (χ2n) is 7.89. The summed E-state index contributed by atoms with van der Waals surface area (Å²) in [4.78, 5) is 15.9. The molecule has 0 bridgehead atoms. The van der Waals surface area contributed by atoms with E-state index in [1.165, 1.54) is 22.8 Å². The van der Waals surface area contributed by atoms with Crippen LogP contribution in [-0.4, -0.2) is 62.2 Å². The molecule has 0 aromatic carbocycles. The Morgan fingerprint density at radius 1 is 1.40 bits per heavy atom. The van der Waals surface area contributed by atoms with Crippen LogP contribution in [0, 0.1) is 0 Å². The number of halogens is 5. The van der Waals surface area contributed by atoms with E-state index >= 15 is 0 Å². The van der Waals surface area contributed by atoms with Crippen molar-refractivity contribution < 1.29 is 36.6 Å². The second kappa shape index (κ2) is 9.83. The summed E-state index contributed by atoms with van der Waals surface area (Å²) in [5.41, 5.74) is 0.551. The first kappa shape index (κ1) is 24.9. The molecule has 3 atom stereocenters. The van der Waals surface area contributed by atoms with Gasteiger partial charge in [0.15, 0.2) is 23.9 Å². The number of aromatic nitrogens is 5. The quantitative estimate of drug-likeness (QED) is 0.401. The van der Waals surface area contributed by atoms with E-state index in [0.29, 0.717) is 5.52 Å². The molecule has 3 aromatic rings. The zero-order chi connectivity index (χ0) is 25.3. The number of hydrogen-bond donors (Lipinski definition) is 3. The van der Waals surface area contributed by atoms with Gasteiger partial charge in [0.2, 0.25) is 0 Å². The van der Waals surface area contributed by atoms with Crippen molar-refractivity contribution >= 4 is 34.8 Å². The van der Waals surface area contributed by atoms with Crippen molar-refractivity contribution in [3.63, 3.8) is 0 Å². The number of anilines is 2. The molecular weight excluding hydrogens is 502 g/mol. The third-order valence-electron chi connectivity index (χ3n) is 4.76. The van der Waals surface area contributed by atoms with Gasteiger partial charge in [-0.05, 0) is 19.9 Å². The number of aromatic amines is 1. The number of alkyl halides is 4. The smallest absolute Gasteiger partial charge is 0.441 e. The fraction of sp³-hybridized carbons (Fsp3) is 0.474. The summed E-state index contributed by atoms with van der Waals surface area (Å²) in [7, 11) is 0. The molecule has 1 saturated heterocycles. The van der Waals surface area contributed by atoms with Crippen LogP contribution in [-0.2, 0) is 20.8 Å². The number of H-pyrrole nitrogens is 1. The molecule has 16 heteroatoms. The average molecular weight is 522 g/mol. The van der Waals surface area contributed by atoms with Crippen LogP contribution in [0.15, 0.2) is 18.3 Å². The van der Waals surface area contributed by atoms with E-state index in [-0.39, 0.29) is 40.8 Å². The maximum Gasteiger partial charge on any atom is 0.522 e. The van der Waals surface area contributed by atoms with Crippen LogP contribution in [0.25, 0.3) is 5.52 Å². The number of amides is 1. The second-order valence-corrected chi connectivity index (χ2v) is 8.27. The molecule has 0 saturated carbocycles. The number of alkyl carbamates (subject to hydrolysis) is 1. The van der Waals surface area contributed by atoms with Crippen molar-refractivity contribution in [2.75, 3.05) is 11.9 Å². The molecular formula is C19H20ClF4N7O4. The van der Waals surface area contributed by atoms with Gasteiger partial charge in [0.05, 0.1) is 24.2 Å². The Labute approximate surface area is 200 Å². The summed E-state index contributed by atoms with van der Waals surface area (Å²) in [6.07, 6.45) is -8.06. The van der Waals surface area contributed by atoms with Crippen molar-refractivity contribution in [1.82, 2.24) is 30.1 Å². The Hall–Kier alpha value is -3.17. The molecule has 35 heavy (non-hydrogen) atoms. The van der Waals surface area contributed by atoms with Gasteiger partial charge in [-0.25, -0.2) is 18.7 Å². The van der Waals surface area contributed by atoms with Gasteiger partial charge in [0.1, 0.15) is 23.4 Å². The number of nitrogens with zero attached hydrogens (tertiary/aromatic N) is 4. The lowest BCUT2D eigenvalue weighted by Gasteiger charge is -2.16. The van der Waals surface area contributed by atoms with E-state index in [1.54, 1.807) is 13.8 Å². The van der Waals surface area contributed by atoms with Gasteiger partial charge in [0.25, 0.3) is 0 Å². The van der Waals surface area contributed by atoms with Crippen molar-refractivity contribution in [2.45, 2.75) is 51.2 Å². The minimum Gasteiger partial charge on any atom is -0.441 e. The molecule has 3 N–H and O–H groups in total. The fourth-order valence-corrected chi connectivity index (χ4v) is 3.52. The third kappa shape index (κ3) is 6.10. The van der Waals surface area contributed by atoms with Crippen LogP contribution in [0.1, 0.15) is 31.3 Å². The number of hydrogen-bond acceptors (Lipinski definition) is 8. The predicted octanol–water partition coefficient (Wildman–Crippen LogP) is 3.80. The molecule has 1 fully saturated rings. The maximum atomic E-state index is 14.9. The summed E-state index contributed by atoms with van der Waals surface area (Å²) in [6.45, 7) is 2.54. The molecule has 0 spiro atoms. The van der Waals surface area contributed by atoms with Crippen LogP contribution in [0.2, 0.25) is 5.15 Å². The molecule has 0 radical (unpaired) electrons.